The van der Waals surface area contributed by atoms with Gasteiger partial charge >= 0.3 is 5.69 Å². The van der Waals surface area contributed by atoms with Crippen molar-refractivity contribution < 1.29 is 17.7 Å². The van der Waals surface area contributed by atoms with Crippen molar-refractivity contribution in [2.24, 2.45) is 0 Å². The Bertz CT molecular complexity index is 682. The van der Waals surface area contributed by atoms with Crippen LogP contribution in [0.25, 0.3) is 0 Å². The average Bonchev–Trinajstić information content (AvgIpc) is 2.31. The van der Waals surface area contributed by atoms with Crippen molar-refractivity contribution in [3.05, 3.63) is 33.6 Å². The molecule has 0 bridgehead atoms. The van der Waals surface area contributed by atoms with Gasteiger partial charge in [-0.15, -0.1) is 0 Å². The lowest BCUT2D eigenvalue weighted by molar-refractivity contribution is -0.387. The zero-order valence-corrected chi connectivity index (χ0v) is 11.6. The highest BCUT2D eigenvalue weighted by molar-refractivity contribution is 7.89. The molecule has 0 radical (unpaired) electrons. The van der Waals surface area contributed by atoms with Gasteiger partial charge in [0.05, 0.1) is 22.3 Å². The Labute approximate surface area is 115 Å². The van der Waals surface area contributed by atoms with Crippen molar-refractivity contribution in [2.45, 2.75) is 31.2 Å². The highest BCUT2D eigenvalue weighted by atomic mass is 32.2. The molecule has 1 aromatic carbocycles. The summed E-state index contributed by atoms with van der Waals surface area (Å²) >= 11 is 0. The van der Waals surface area contributed by atoms with E-state index in [1.165, 1.54) is 13.8 Å². The SMILES string of the molecule is Cc1cc(S(=O)(=O)NC(C)CC#N)cc([N+](=O)[O-])c1F. The van der Waals surface area contributed by atoms with Gasteiger partial charge in [-0.1, -0.05) is 0 Å². The van der Waals surface area contributed by atoms with Crippen molar-refractivity contribution in [3.63, 3.8) is 0 Å². The van der Waals surface area contributed by atoms with Gasteiger partial charge in [0, 0.05) is 12.1 Å². The van der Waals surface area contributed by atoms with E-state index in [1.807, 2.05) is 0 Å². The summed E-state index contributed by atoms with van der Waals surface area (Å²) in [7, 11) is -4.05. The fourth-order valence-electron chi connectivity index (χ4n) is 1.52. The molecule has 7 nitrogen and oxygen atoms in total. The van der Waals surface area contributed by atoms with Gasteiger partial charge in [0.2, 0.25) is 15.8 Å². The van der Waals surface area contributed by atoms with Crippen molar-refractivity contribution in [1.82, 2.24) is 4.72 Å². The third kappa shape index (κ3) is 3.49. The van der Waals surface area contributed by atoms with E-state index in [4.69, 9.17) is 5.26 Å². The predicted octanol–water partition coefficient (Wildman–Crippen LogP) is 1.62. The normalized spacial score (nSPS) is 12.7. The number of hydrogen-bond donors (Lipinski definition) is 1. The first-order valence-corrected chi connectivity index (χ1v) is 7.01. The molecule has 0 aliphatic heterocycles. The van der Waals surface area contributed by atoms with E-state index in [0.29, 0.717) is 6.07 Å². The van der Waals surface area contributed by atoms with Gasteiger partial charge in [0.15, 0.2) is 0 Å². The molecule has 20 heavy (non-hydrogen) atoms. The van der Waals surface area contributed by atoms with E-state index in [0.717, 1.165) is 6.07 Å². The number of benzene rings is 1. The van der Waals surface area contributed by atoms with Gasteiger partial charge in [0.1, 0.15) is 0 Å². The van der Waals surface area contributed by atoms with E-state index in [1.54, 1.807) is 6.07 Å². The minimum atomic E-state index is -4.05. The molecule has 0 heterocycles. The minimum Gasteiger partial charge on any atom is -0.258 e. The van der Waals surface area contributed by atoms with Crippen LogP contribution in [0.4, 0.5) is 10.1 Å². The van der Waals surface area contributed by atoms with Crippen LogP contribution in [-0.4, -0.2) is 19.4 Å². The first kappa shape index (κ1) is 16.0. The van der Waals surface area contributed by atoms with Gasteiger partial charge in [-0.25, -0.2) is 13.1 Å². The van der Waals surface area contributed by atoms with Crippen LogP contribution in [-0.2, 0) is 10.0 Å². The van der Waals surface area contributed by atoms with Crippen LogP contribution in [0, 0.1) is 34.2 Å². The van der Waals surface area contributed by atoms with E-state index < -0.39 is 37.4 Å². The van der Waals surface area contributed by atoms with Crippen molar-refractivity contribution >= 4 is 15.7 Å². The second-order valence-electron chi connectivity index (χ2n) is 4.21. The lowest BCUT2D eigenvalue weighted by Crippen LogP contribution is -2.32. The summed E-state index contributed by atoms with van der Waals surface area (Å²) in [6.07, 6.45) is -0.0541. The highest BCUT2D eigenvalue weighted by Gasteiger charge is 2.24. The molecule has 108 valence electrons. The largest absolute Gasteiger partial charge is 0.306 e. The predicted molar refractivity (Wildman–Crippen MR) is 67.8 cm³/mol. The van der Waals surface area contributed by atoms with Gasteiger partial charge in [-0.2, -0.15) is 9.65 Å². The molecule has 1 N–H and O–H groups in total. The third-order valence-electron chi connectivity index (χ3n) is 2.47. The van der Waals surface area contributed by atoms with E-state index >= 15 is 0 Å². The Morgan fingerprint density at radius 1 is 1.55 bits per heavy atom. The second kappa shape index (κ2) is 5.94. The van der Waals surface area contributed by atoms with Crippen molar-refractivity contribution in [1.29, 1.82) is 5.26 Å². The first-order chi connectivity index (χ1) is 9.19. The van der Waals surface area contributed by atoms with E-state index in [9.17, 15) is 22.9 Å². The third-order valence-corrected chi connectivity index (χ3v) is 4.04. The zero-order chi connectivity index (χ0) is 15.5. The standard InChI is InChI=1S/C11H12FN3O4S/c1-7-5-9(6-10(11(7)12)15(16)17)20(18,19)14-8(2)3-4-13/h5-6,8,14H,3H2,1-2H3. The smallest absolute Gasteiger partial charge is 0.258 e. The lowest BCUT2D eigenvalue weighted by atomic mass is 10.2. The molecule has 0 saturated heterocycles. The Balaban J connectivity index is 3.27. The number of nitrogens with zero attached hydrogens (tertiary/aromatic N) is 2. The molecule has 1 aromatic rings. The molecule has 0 spiro atoms. The Morgan fingerprint density at radius 3 is 2.65 bits per heavy atom. The summed E-state index contributed by atoms with van der Waals surface area (Å²) in [6, 6.07) is 2.80. The molecule has 0 aliphatic carbocycles. The van der Waals surface area contributed by atoms with Crippen LogP contribution in [0.15, 0.2) is 17.0 Å². The maximum atomic E-state index is 13.5. The van der Waals surface area contributed by atoms with Gasteiger partial charge < -0.3 is 0 Å². The summed E-state index contributed by atoms with van der Waals surface area (Å²) in [6.45, 7) is 2.71. The van der Waals surface area contributed by atoms with Crippen LogP contribution in [0.5, 0.6) is 0 Å². The molecular weight excluding hydrogens is 289 g/mol. The Morgan fingerprint density at radius 2 is 2.15 bits per heavy atom. The fourth-order valence-corrected chi connectivity index (χ4v) is 2.87. The number of hydrogen-bond acceptors (Lipinski definition) is 5. The van der Waals surface area contributed by atoms with Crippen LogP contribution < -0.4 is 4.72 Å². The summed E-state index contributed by atoms with van der Waals surface area (Å²) in [5, 5.41) is 19.2. The Hall–Kier alpha value is -2.05. The average molecular weight is 301 g/mol. The van der Waals surface area contributed by atoms with E-state index in [-0.39, 0.29) is 12.0 Å². The minimum absolute atomic E-state index is 0.0541. The molecule has 0 fully saturated rings. The number of nitriles is 1. The summed E-state index contributed by atoms with van der Waals surface area (Å²) < 4.78 is 39.7. The van der Waals surface area contributed by atoms with Crippen LogP contribution in [0.3, 0.4) is 0 Å². The molecule has 0 aliphatic rings. The lowest BCUT2D eigenvalue weighted by Gasteiger charge is -2.11. The number of nitro groups is 1. The molecule has 0 amide bonds. The maximum Gasteiger partial charge on any atom is 0.306 e. The fraction of sp³-hybridized carbons (Fsp3) is 0.364. The highest BCUT2D eigenvalue weighted by Crippen LogP contribution is 2.25. The first-order valence-electron chi connectivity index (χ1n) is 5.53. The van der Waals surface area contributed by atoms with Crippen LogP contribution in [0.1, 0.15) is 18.9 Å². The monoisotopic (exact) mass is 301 g/mol. The quantitative estimate of drug-likeness (QED) is 0.655. The van der Waals surface area contributed by atoms with E-state index in [2.05, 4.69) is 4.72 Å². The molecule has 1 rings (SSSR count). The number of rotatable bonds is 5. The number of aryl methyl sites for hydroxylation is 1. The molecule has 9 heteroatoms. The van der Waals surface area contributed by atoms with Gasteiger partial charge in [0.25, 0.3) is 0 Å². The second-order valence-corrected chi connectivity index (χ2v) is 5.93. The van der Waals surface area contributed by atoms with Crippen LogP contribution >= 0.6 is 0 Å². The summed E-state index contributed by atoms with van der Waals surface area (Å²) in [4.78, 5) is 9.29. The van der Waals surface area contributed by atoms with Gasteiger partial charge in [-0.05, 0) is 25.5 Å². The Kier molecular flexibility index (Phi) is 4.75. The number of halogens is 1. The summed E-state index contributed by atoms with van der Waals surface area (Å²) in [5.74, 6) is -1.07. The topological polar surface area (TPSA) is 113 Å². The molecule has 0 aromatic heterocycles. The number of nitro benzene ring substituents is 1. The van der Waals surface area contributed by atoms with Crippen molar-refractivity contribution in [3.8, 4) is 6.07 Å². The molecule has 1 atom stereocenters. The number of nitrogens with one attached hydrogen (secondary N) is 1. The summed E-state index contributed by atoms with van der Waals surface area (Å²) in [5.41, 5.74) is -1.05. The molecule has 0 saturated carbocycles. The zero-order valence-electron chi connectivity index (χ0n) is 10.8. The number of sulfonamides is 1. The molecular formula is C11H12FN3O4S. The van der Waals surface area contributed by atoms with Crippen LogP contribution in [0.2, 0.25) is 0 Å². The van der Waals surface area contributed by atoms with Gasteiger partial charge in [-0.3, -0.25) is 10.1 Å². The molecule has 1 unspecified atom stereocenters. The maximum absolute atomic E-state index is 13.5. The van der Waals surface area contributed by atoms with Crippen molar-refractivity contribution in [2.75, 3.05) is 0 Å².